The first-order valence-corrected chi connectivity index (χ1v) is 11.9. The third-order valence-corrected chi connectivity index (χ3v) is 6.35. The molecule has 1 fully saturated rings. The number of carbonyl (C=O) groups is 2. The van der Waals surface area contributed by atoms with Crippen LogP contribution >= 0.6 is 12.4 Å². The number of anilines is 1. The zero-order chi connectivity index (χ0) is 24.9. The maximum absolute atomic E-state index is 13.5. The van der Waals surface area contributed by atoms with Gasteiger partial charge in [-0.05, 0) is 41.8 Å². The summed E-state index contributed by atoms with van der Waals surface area (Å²) in [4.78, 5) is 37.2. The summed E-state index contributed by atoms with van der Waals surface area (Å²) in [6, 6.07) is 22.1. The Morgan fingerprint density at radius 2 is 1.86 bits per heavy atom. The normalized spacial score (nSPS) is 13.4. The molecule has 2 aromatic carbocycles. The van der Waals surface area contributed by atoms with E-state index in [1.54, 1.807) is 29.3 Å². The smallest absolute Gasteiger partial charge is 0.258 e. The van der Waals surface area contributed by atoms with Gasteiger partial charge in [-0.3, -0.25) is 14.5 Å². The predicted molar refractivity (Wildman–Crippen MR) is 143 cm³/mol. The predicted octanol–water partition coefficient (Wildman–Crippen LogP) is 4.57. The number of ether oxygens (including phenoxy) is 1. The van der Waals surface area contributed by atoms with Gasteiger partial charge >= 0.3 is 0 Å². The lowest BCUT2D eigenvalue weighted by Crippen LogP contribution is -2.47. The van der Waals surface area contributed by atoms with Crippen molar-refractivity contribution in [3.05, 3.63) is 90.4 Å². The molecule has 2 amide bonds. The number of halogens is 1. The van der Waals surface area contributed by atoms with Gasteiger partial charge in [0.25, 0.3) is 5.91 Å². The van der Waals surface area contributed by atoms with Crippen LogP contribution in [0, 0.1) is 11.3 Å². The van der Waals surface area contributed by atoms with Crippen molar-refractivity contribution in [1.82, 2.24) is 14.9 Å². The van der Waals surface area contributed by atoms with Crippen LogP contribution in [0.3, 0.4) is 0 Å². The molecule has 5 rings (SSSR count). The Morgan fingerprint density at radius 1 is 1.08 bits per heavy atom. The number of likely N-dealkylation sites (tertiary alicyclic amines) is 1. The summed E-state index contributed by atoms with van der Waals surface area (Å²) in [5.74, 6) is 0.267. The number of hydrogen-bond donors (Lipinski definition) is 1. The van der Waals surface area contributed by atoms with Crippen molar-refractivity contribution < 1.29 is 14.3 Å². The molecule has 2 aromatic heterocycles. The van der Waals surface area contributed by atoms with Crippen LogP contribution in [0.15, 0.2) is 79.1 Å². The number of rotatable bonds is 6. The summed E-state index contributed by atoms with van der Waals surface area (Å²) in [7, 11) is 0. The molecule has 0 saturated carbocycles. The Balaban J connectivity index is 0.00000320. The number of pyridine rings is 1. The molecule has 9 heteroatoms. The molecule has 0 atom stereocenters. The molecule has 0 radical (unpaired) electrons. The monoisotopic (exact) mass is 515 g/mol. The quantitative estimate of drug-likeness (QED) is 0.405. The van der Waals surface area contributed by atoms with Gasteiger partial charge in [0.05, 0.1) is 0 Å². The van der Waals surface area contributed by atoms with Crippen LogP contribution in [0.2, 0.25) is 0 Å². The minimum atomic E-state index is -0.227. The summed E-state index contributed by atoms with van der Waals surface area (Å²) < 4.78 is 6.00. The highest BCUT2D eigenvalue weighted by Crippen LogP contribution is 2.22. The number of benzene rings is 2. The highest BCUT2D eigenvalue weighted by Gasteiger charge is 2.28. The number of piperidine rings is 1. The van der Waals surface area contributed by atoms with E-state index in [-0.39, 0.29) is 36.9 Å². The Kier molecular flexibility index (Phi) is 8.06. The van der Waals surface area contributed by atoms with Gasteiger partial charge in [-0.15, -0.1) is 12.4 Å². The molecule has 4 aromatic rings. The second kappa shape index (κ2) is 11.6. The fourth-order valence-electron chi connectivity index (χ4n) is 4.42. The van der Waals surface area contributed by atoms with Crippen LogP contribution in [0.4, 0.5) is 5.69 Å². The van der Waals surface area contributed by atoms with Crippen LogP contribution in [0.25, 0.3) is 10.9 Å². The number of carbonyl (C=O) groups excluding carboxylic acids is 2. The standard InChI is InChI=1S/C28H25N5O3.ClH/c29-18-22-17-25(9-13-30-22)36-24-10-14-32(15-11-24)27(34)19-33(23-4-2-1-3-5-23)28(35)21-7-6-20-8-12-31-26(20)16-21;/h1-9,12-13,16-17,24,31H,10-11,14-15,19H2;1H. The molecule has 0 bridgehead atoms. The number of aromatic amines is 1. The topological polar surface area (TPSA) is 102 Å². The SMILES string of the molecule is Cl.N#Cc1cc(OC2CCN(C(=O)CN(C(=O)c3ccc4cc[nH]c4c3)c3ccccc3)CC2)ccn1. The lowest BCUT2D eigenvalue weighted by atomic mass is 10.1. The van der Waals surface area contributed by atoms with E-state index >= 15 is 0 Å². The number of fused-ring (bicyclic) bond motifs is 1. The Bertz CT molecular complexity index is 1420. The average Bonchev–Trinajstić information content (AvgIpc) is 3.40. The number of para-hydroxylation sites is 1. The molecule has 0 spiro atoms. The van der Waals surface area contributed by atoms with E-state index in [0.717, 1.165) is 10.9 Å². The zero-order valence-corrected chi connectivity index (χ0v) is 20.9. The molecule has 188 valence electrons. The van der Waals surface area contributed by atoms with Crippen molar-refractivity contribution in [3.8, 4) is 11.8 Å². The summed E-state index contributed by atoms with van der Waals surface area (Å²) >= 11 is 0. The third kappa shape index (κ3) is 5.90. The summed E-state index contributed by atoms with van der Waals surface area (Å²) in [5, 5.41) is 10.0. The summed E-state index contributed by atoms with van der Waals surface area (Å²) in [6.45, 7) is 1.02. The van der Waals surface area contributed by atoms with E-state index in [1.165, 1.54) is 4.90 Å². The molecule has 1 N–H and O–H groups in total. The molecule has 8 nitrogen and oxygen atoms in total. The minimum absolute atomic E-state index is 0. The van der Waals surface area contributed by atoms with Crippen molar-refractivity contribution in [2.24, 2.45) is 0 Å². The van der Waals surface area contributed by atoms with E-state index in [9.17, 15) is 9.59 Å². The van der Waals surface area contributed by atoms with E-state index in [2.05, 4.69) is 9.97 Å². The van der Waals surface area contributed by atoms with Crippen molar-refractivity contribution in [1.29, 1.82) is 5.26 Å². The molecule has 1 aliphatic heterocycles. The number of aromatic nitrogens is 2. The Hall–Kier alpha value is -4.35. The maximum atomic E-state index is 13.5. The average molecular weight is 516 g/mol. The van der Waals surface area contributed by atoms with E-state index in [0.29, 0.717) is 48.6 Å². The van der Waals surface area contributed by atoms with Gasteiger partial charge in [0.15, 0.2) is 0 Å². The zero-order valence-electron chi connectivity index (χ0n) is 20.0. The van der Waals surface area contributed by atoms with Crippen molar-refractivity contribution in [3.63, 3.8) is 0 Å². The fourth-order valence-corrected chi connectivity index (χ4v) is 4.42. The number of nitrogens with zero attached hydrogens (tertiary/aromatic N) is 4. The first-order chi connectivity index (χ1) is 17.6. The van der Waals surface area contributed by atoms with Gasteiger partial charge in [0.2, 0.25) is 5.91 Å². The second-order valence-corrected chi connectivity index (χ2v) is 8.69. The van der Waals surface area contributed by atoms with Gasteiger partial charge in [0.1, 0.15) is 30.2 Å². The molecular formula is C28H26ClN5O3. The Labute approximate surface area is 220 Å². The first kappa shape index (κ1) is 25.7. The molecule has 37 heavy (non-hydrogen) atoms. The number of nitriles is 1. The van der Waals surface area contributed by atoms with Gasteiger partial charge in [-0.1, -0.05) is 24.3 Å². The summed E-state index contributed by atoms with van der Waals surface area (Å²) in [5.41, 5.74) is 2.37. The lowest BCUT2D eigenvalue weighted by Gasteiger charge is -2.33. The molecule has 0 unspecified atom stereocenters. The fraction of sp³-hybridized carbons (Fsp3) is 0.214. The summed E-state index contributed by atoms with van der Waals surface area (Å²) in [6.07, 6.45) is 4.66. The van der Waals surface area contributed by atoms with Crippen LogP contribution in [-0.2, 0) is 4.79 Å². The first-order valence-electron chi connectivity index (χ1n) is 11.9. The van der Waals surface area contributed by atoms with Crippen molar-refractivity contribution in [2.45, 2.75) is 18.9 Å². The third-order valence-electron chi connectivity index (χ3n) is 6.35. The molecule has 3 heterocycles. The van der Waals surface area contributed by atoms with E-state index < -0.39 is 0 Å². The van der Waals surface area contributed by atoms with Crippen LogP contribution in [0.1, 0.15) is 28.9 Å². The van der Waals surface area contributed by atoms with Gasteiger partial charge in [0, 0.05) is 61.2 Å². The van der Waals surface area contributed by atoms with Gasteiger partial charge < -0.3 is 14.6 Å². The Morgan fingerprint density at radius 3 is 2.62 bits per heavy atom. The molecular weight excluding hydrogens is 490 g/mol. The molecule has 1 aliphatic rings. The highest BCUT2D eigenvalue weighted by atomic mass is 35.5. The largest absolute Gasteiger partial charge is 0.490 e. The highest BCUT2D eigenvalue weighted by molar-refractivity contribution is 6.10. The van der Waals surface area contributed by atoms with E-state index in [4.69, 9.17) is 10.00 Å². The van der Waals surface area contributed by atoms with E-state index in [1.807, 2.05) is 60.8 Å². The number of H-pyrrole nitrogens is 1. The van der Waals surface area contributed by atoms with Crippen LogP contribution in [0.5, 0.6) is 5.75 Å². The minimum Gasteiger partial charge on any atom is -0.490 e. The second-order valence-electron chi connectivity index (χ2n) is 8.69. The maximum Gasteiger partial charge on any atom is 0.258 e. The van der Waals surface area contributed by atoms with Crippen molar-refractivity contribution >= 4 is 40.8 Å². The van der Waals surface area contributed by atoms with Crippen molar-refractivity contribution in [2.75, 3.05) is 24.5 Å². The van der Waals surface area contributed by atoms with Gasteiger partial charge in [-0.25, -0.2) is 4.98 Å². The van der Waals surface area contributed by atoms with Gasteiger partial charge in [-0.2, -0.15) is 5.26 Å². The lowest BCUT2D eigenvalue weighted by molar-refractivity contribution is -0.131. The van der Waals surface area contributed by atoms with Crippen LogP contribution in [-0.4, -0.2) is 52.4 Å². The molecule has 1 saturated heterocycles. The number of hydrogen-bond acceptors (Lipinski definition) is 5. The number of amides is 2. The van der Waals surface area contributed by atoms with Crippen LogP contribution < -0.4 is 9.64 Å². The number of nitrogens with one attached hydrogen (secondary N) is 1. The molecule has 0 aliphatic carbocycles.